The Balaban J connectivity index is 2.18. The number of rotatable bonds is 6. The van der Waals surface area contributed by atoms with E-state index < -0.39 is 0 Å². The Morgan fingerprint density at radius 3 is 2.95 bits per heavy atom. The molecule has 0 radical (unpaired) electrons. The third-order valence-electron chi connectivity index (χ3n) is 4.01. The molecular formula is C16H25NO2S. The Morgan fingerprint density at radius 1 is 1.50 bits per heavy atom. The van der Waals surface area contributed by atoms with Crippen LogP contribution in [0.1, 0.15) is 36.9 Å². The van der Waals surface area contributed by atoms with Gasteiger partial charge in [0.05, 0.1) is 7.11 Å². The van der Waals surface area contributed by atoms with Crippen molar-refractivity contribution >= 4 is 11.8 Å². The van der Waals surface area contributed by atoms with E-state index in [4.69, 9.17) is 9.84 Å². The van der Waals surface area contributed by atoms with Gasteiger partial charge in [-0.05, 0) is 49.6 Å². The molecule has 20 heavy (non-hydrogen) atoms. The number of methoxy groups -OCH3 is 1. The van der Waals surface area contributed by atoms with Crippen LogP contribution < -0.4 is 10.1 Å². The highest BCUT2D eigenvalue weighted by Gasteiger charge is 2.30. The van der Waals surface area contributed by atoms with E-state index in [1.807, 2.05) is 24.9 Å². The number of ether oxygens (including phenoxy) is 1. The van der Waals surface area contributed by atoms with E-state index in [0.29, 0.717) is 16.5 Å². The fourth-order valence-electron chi connectivity index (χ4n) is 2.92. The lowest BCUT2D eigenvalue weighted by Crippen LogP contribution is -2.33. The molecule has 0 spiro atoms. The molecule has 2 rings (SSSR count). The molecule has 3 nitrogen and oxygen atoms in total. The maximum atomic E-state index is 9.07. The number of aryl methyl sites for hydroxylation is 1. The molecule has 0 amide bonds. The normalized spacial score (nSPS) is 23.2. The van der Waals surface area contributed by atoms with Crippen molar-refractivity contribution < 1.29 is 9.84 Å². The van der Waals surface area contributed by atoms with Gasteiger partial charge in [0, 0.05) is 23.1 Å². The van der Waals surface area contributed by atoms with Gasteiger partial charge in [-0.2, -0.15) is 11.8 Å². The zero-order chi connectivity index (χ0) is 14.5. The van der Waals surface area contributed by atoms with Crippen LogP contribution in [0.3, 0.4) is 0 Å². The zero-order valence-electron chi connectivity index (χ0n) is 12.6. The lowest BCUT2D eigenvalue weighted by Gasteiger charge is -2.34. The fourth-order valence-corrected chi connectivity index (χ4v) is 4.45. The molecule has 3 atom stereocenters. The number of aliphatic hydroxyl groups is 1. The van der Waals surface area contributed by atoms with Crippen LogP contribution >= 0.6 is 11.8 Å². The summed E-state index contributed by atoms with van der Waals surface area (Å²) in [4.78, 5) is 0. The van der Waals surface area contributed by atoms with E-state index in [9.17, 15) is 0 Å². The third-order valence-corrected chi connectivity index (χ3v) is 5.57. The molecule has 1 aliphatic carbocycles. The largest absolute Gasteiger partial charge is 0.497 e. The fraction of sp³-hybridized carbons (Fsp3) is 0.625. The summed E-state index contributed by atoms with van der Waals surface area (Å²) >= 11 is 1.99. The van der Waals surface area contributed by atoms with Crippen molar-refractivity contribution in [1.29, 1.82) is 0 Å². The lowest BCUT2D eigenvalue weighted by atomic mass is 9.87. The number of thioether (sulfide) groups is 1. The molecule has 4 heteroatoms. The van der Waals surface area contributed by atoms with Gasteiger partial charge in [-0.1, -0.05) is 13.0 Å². The van der Waals surface area contributed by atoms with E-state index in [2.05, 4.69) is 24.4 Å². The van der Waals surface area contributed by atoms with Crippen LogP contribution in [-0.4, -0.2) is 36.4 Å². The van der Waals surface area contributed by atoms with Crippen LogP contribution in [0.2, 0.25) is 0 Å². The van der Waals surface area contributed by atoms with E-state index in [1.54, 1.807) is 7.11 Å². The Morgan fingerprint density at radius 2 is 2.30 bits per heavy atom. The lowest BCUT2D eigenvalue weighted by molar-refractivity contribution is 0.288. The molecule has 0 saturated carbocycles. The first kappa shape index (κ1) is 15.7. The molecule has 112 valence electrons. The Bertz CT molecular complexity index is 438. The molecule has 3 unspecified atom stereocenters. The van der Waals surface area contributed by atoms with Gasteiger partial charge in [0.1, 0.15) is 5.75 Å². The summed E-state index contributed by atoms with van der Waals surface area (Å²) in [5.41, 5.74) is 2.80. The van der Waals surface area contributed by atoms with Crippen LogP contribution in [0.25, 0.3) is 0 Å². The van der Waals surface area contributed by atoms with E-state index >= 15 is 0 Å². The highest BCUT2D eigenvalue weighted by molar-refractivity contribution is 8.00. The van der Waals surface area contributed by atoms with Crippen molar-refractivity contribution in [3.05, 3.63) is 29.3 Å². The van der Waals surface area contributed by atoms with E-state index in [-0.39, 0.29) is 6.61 Å². The highest BCUT2D eigenvalue weighted by Crippen LogP contribution is 2.40. The minimum atomic E-state index is 0.273. The molecule has 1 aromatic carbocycles. The molecular weight excluding hydrogens is 270 g/mol. The van der Waals surface area contributed by atoms with Gasteiger partial charge in [0.15, 0.2) is 0 Å². The molecule has 2 N–H and O–H groups in total. The summed E-state index contributed by atoms with van der Waals surface area (Å²) < 4.78 is 5.36. The minimum absolute atomic E-state index is 0.273. The molecule has 1 aromatic rings. The second-order valence-corrected chi connectivity index (χ2v) is 7.05. The SMILES string of the molecule is CNC1c2cc(OC)ccc2CCC1SC(C)CCO. The molecule has 1 aliphatic rings. The standard InChI is InChI=1S/C16H25NO2S/c1-11(8-9-18)20-15-7-5-12-4-6-13(19-3)10-14(12)16(15)17-2/h4,6,10-11,15-18H,5,7-9H2,1-3H3. The number of nitrogens with one attached hydrogen (secondary N) is 1. The van der Waals surface area contributed by atoms with E-state index in [0.717, 1.165) is 18.6 Å². The van der Waals surface area contributed by atoms with Crippen molar-refractivity contribution in [1.82, 2.24) is 5.32 Å². The first-order valence-corrected chi connectivity index (χ1v) is 8.24. The Hall–Kier alpha value is -0.710. The van der Waals surface area contributed by atoms with Gasteiger partial charge < -0.3 is 15.2 Å². The summed E-state index contributed by atoms with van der Waals surface area (Å²) in [5, 5.41) is 13.6. The monoisotopic (exact) mass is 295 g/mol. The molecule has 0 saturated heterocycles. The molecule has 0 aromatic heterocycles. The highest BCUT2D eigenvalue weighted by atomic mass is 32.2. The van der Waals surface area contributed by atoms with Gasteiger partial charge in [-0.15, -0.1) is 0 Å². The second-order valence-electron chi connectivity index (χ2n) is 5.37. The van der Waals surface area contributed by atoms with Crippen molar-refractivity contribution in [2.75, 3.05) is 20.8 Å². The number of fused-ring (bicyclic) bond motifs is 1. The van der Waals surface area contributed by atoms with Gasteiger partial charge in [-0.25, -0.2) is 0 Å². The maximum absolute atomic E-state index is 9.07. The van der Waals surface area contributed by atoms with Crippen molar-refractivity contribution in [2.24, 2.45) is 0 Å². The van der Waals surface area contributed by atoms with Gasteiger partial charge in [-0.3, -0.25) is 0 Å². The Kier molecular flexibility index (Phi) is 5.75. The van der Waals surface area contributed by atoms with Crippen LogP contribution in [-0.2, 0) is 6.42 Å². The average Bonchev–Trinajstić information content (AvgIpc) is 2.46. The van der Waals surface area contributed by atoms with Crippen LogP contribution in [0.15, 0.2) is 18.2 Å². The van der Waals surface area contributed by atoms with Gasteiger partial charge in [0.2, 0.25) is 0 Å². The first-order valence-electron chi connectivity index (χ1n) is 7.30. The number of benzene rings is 1. The first-order chi connectivity index (χ1) is 9.69. The van der Waals surface area contributed by atoms with Gasteiger partial charge >= 0.3 is 0 Å². The topological polar surface area (TPSA) is 41.5 Å². The predicted molar refractivity (Wildman–Crippen MR) is 85.7 cm³/mol. The van der Waals surface area contributed by atoms with Crippen LogP contribution in [0.4, 0.5) is 0 Å². The summed E-state index contributed by atoms with van der Waals surface area (Å²) in [6, 6.07) is 6.77. The molecule has 0 aliphatic heterocycles. The van der Waals surface area contributed by atoms with Crippen molar-refractivity contribution in [2.45, 2.75) is 42.7 Å². The summed E-state index contributed by atoms with van der Waals surface area (Å²) in [7, 11) is 3.75. The molecule has 0 bridgehead atoms. The van der Waals surface area contributed by atoms with Gasteiger partial charge in [0.25, 0.3) is 0 Å². The van der Waals surface area contributed by atoms with Crippen LogP contribution in [0.5, 0.6) is 5.75 Å². The van der Waals surface area contributed by atoms with E-state index in [1.165, 1.54) is 17.5 Å². The zero-order valence-corrected chi connectivity index (χ0v) is 13.4. The van der Waals surface area contributed by atoms with Crippen LogP contribution in [0, 0.1) is 0 Å². The predicted octanol–water partition coefficient (Wildman–Crippen LogP) is 2.77. The minimum Gasteiger partial charge on any atom is -0.497 e. The maximum Gasteiger partial charge on any atom is 0.119 e. The smallest absolute Gasteiger partial charge is 0.119 e. The summed E-state index contributed by atoms with van der Waals surface area (Å²) in [5.74, 6) is 0.929. The quantitative estimate of drug-likeness (QED) is 0.847. The van der Waals surface area contributed by atoms with Crippen molar-refractivity contribution in [3.8, 4) is 5.75 Å². The number of hydrogen-bond donors (Lipinski definition) is 2. The average molecular weight is 295 g/mol. The summed E-state index contributed by atoms with van der Waals surface area (Å²) in [6.45, 7) is 2.48. The third kappa shape index (κ3) is 3.48. The number of aliphatic hydroxyl groups excluding tert-OH is 1. The summed E-state index contributed by atoms with van der Waals surface area (Å²) in [6.07, 6.45) is 3.18. The number of hydrogen-bond acceptors (Lipinski definition) is 4. The Labute approximate surface area is 126 Å². The van der Waals surface area contributed by atoms with Crippen molar-refractivity contribution in [3.63, 3.8) is 0 Å². The molecule has 0 fully saturated rings. The molecule has 0 heterocycles. The second kappa shape index (κ2) is 7.34.